The number of carbonyl (C=O) groups is 1. The predicted octanol–water partition coefficient (Wildman–Crippen LogP) is 5.72. The molecule has 0 radical (unpaired) electrons. The lowest BCUT2D eigenvalue weighted by Crippen LogP contribution is -2.15. The summed E-state index contributed by atoms with van der Waals surface area (Å²) in [6, 6.07) is 11.8. The van der Waals surface area contributed by atoms with Crippen molar-refractivity contribution in [3.63, 3.8) is 0 Å². The lowest BCUT2D eigenvalue weighted by molar-refractivity contribution is -0.113. The fourth-order valence-electron chi connectivity index (χ4n) is 3.95. The zero-order valence-electron chi connectivity index (χ0n) is 17.7. The maximum absolute atomic E-state index is 12.8. The van der Waals surface area contributed by atoms with Crippen molar-refractivity contribution in [2.24, 2.45) is 4.99 Å². The van der Waals surface area contributed by atoms with Crippen LogP contribution in [-0.2, 0) is 4.79 Å². The molecule has 1 aliphatic rings. The van der Waals surface area contributed by atoms with Gasteiger partial charge >= 0.3 is 0 Å². The summed E-state index contributed by atoms with van der Waals surface area (Å²) in [5.41, 5.74) is 6.94. The highest BCUT2D eigenvalue weighted by atomic mass is 16.5. The summed E-state index contributed by atoms with van der Waals surface area (Å²) in [5.74, 6) is 0.467. The number of ketones is 1. The molecule has 2 aromatic rings. The number of rotatable bonds is 5. The average molecular weight is 386 g/mol. The minimum Gasteiger partial charge on any atom is -0.493 e. The van der Waals surface area contributed by atoms with Gasteiger partial charge in [-0.25, -0.2) is 0 Å². The first-order chi connectivity index (χ1) is 13.9. The van der Waals surface area contributed by atoms with Gasteiger partial charge in [0.15, 0.2) is 5.78 Å². The quantitative estimate of drug-likeness (QED) is 0.660. The van der Waals surface area contributed by atoms with E-state index in [1.807, 2.05) is 51.1 Å². The van der Waals surface area contributed by atoms with E-state index in [9.17, 15) is 10.1 Å². The lowest BCUT2D eigenvalue weighted by Gasteiger charge is -2.26. The number of hydrogen-bond acceptors (Lipinski definition) is 4. The van der Waals surface area contributed by atoms with E-state index < -0.39 is 0 Å². The molecule has 1 aliphatic heterocycles. The monoisotopic (exact) mass is 386 g/mol. The number of allylic oxidation sites excluding steroid dienone is 2. The topological polar surface area (TPSA) is 62.4 Å². The number of ether oxygens (including phenoxy) is 1. The second-order valence-electron chi connectivity index (χ2n) is 7.52. The van der Waals surface area contributed by atoms with Crippen molar-refractivity contribution in [3.8, 4) is 11.8 Å². The Morgan fingerprint density at radius 3 is 2.55 bits per heavy atom. The number of Topliss-reactive ketones (excluding diaryl/α,β-unsaturated/α-hetero) is 1. The molecule has 0 aliphatic carbocycles. The fourth-order valence-corrected chi connectivity index (χ4v) is 3.95. The molecule has 4 nitrogen and oxygen atoms in total. The molecule has 4 heteroatoms. The maximum Gasteiger partial charge on any atom is 0.157 e. The van der Waals surface area contributed by atoms with Crippen LogP contribution in [0, 0.1) is 25.2 Å². The number of fused-ring (bicyclic) bond motifs is 1. The summed E-state index contributed by atoms with van der Waals surface area (Å²) >= 11 is 0. The first-order valence-corrected chi connectivity index (χ1v) is 9.91. The van der Waals surface area contributed by atoms with Gasteiger partial charge in [-0.05, 0) is 74.6 Å². The molecule has 3 rings (SSSR count). The third-order valence-corrected chi connectivity index (χ3v) is 5.32. The van der Waals surface area contributed by atoms with Gasteiger partial charge in [0.1, 0.15) is 5.75 Å². The zero-order valence-corrected chi connectivity index (χ0v) is 17.7. The Kier molecular flexibility index (Phi) is 5.98. The number of hydrogen-bond donors (Lipinski definition) is 0. The van der Waals surface area contributed by atoms with Crippen LogP contribution in [0.25, 0.3) is 0 Å². The van der Waals surface area contributed by atoms with Crippen molar-refractivity contribution < 1.29 is 9.53 Å². The van der Waals surface area contributed by atoms with E-state index in [1.54, 1.807) is 13.1 Å². The first-order valence-electron chi connectivity index (χ1n) is 9.91. The van der Waals surface area contributed by atoms with Crippen molar-refractivity contribution in [1.29, 1.82) is 5.26 Å². The predicted molar refractivity (Wildman–Crippen MR) is 116 cm³/mol. The SMILES string of the molecule is CCCOc1ccc(C)c2c1C(c1ccc(C#N)cc1C)C(C(C)=O)=C(C)C=N2. The smallest absolute Gasteiger partial charge is 0.157 e. The summed E-state index contributed by atoms with van der Waals surface area (Å²) in [7, 11) is 0. The minimum atomic E-state index is -0.301. The second kappa shape index (κ2) is 8.45. The number of aliphatic imine (C=N–C) groups is 1. The van der Waals surface area contributed by atoms with E-state index in [-0.39, 0.29) is 11.7 Å². The number of nitrogens with zero attached hydrogens (tertiary/aromatic N) is 2. The van der Waals surface area contributed by atoms with Crippen LogP contribution in [-0.4, -0.2) is 18.6 Å². The summed E-state index contributed by atoms with van der Waals surface area (Å²) in [4.78, 5) is 17.5. The number of aryl methyl sites for hydroxylation is 2. The highest BCUT2D eigenvalue weighted by Gasteiger charge is 2.32. The van der Waals surface area contributed by atoms with Gasteiger partial charge in [-0.15, -0.1) is 0 Å². The van der Waals surface area contributed by atoms with Crippen molar-refractivity contribution in [1.82, 2.24) is 0 Å². The van der Waals surface area contributed by atoms with Crippen LogP contribution >= 0.6 is 0 Å². The van der Waals surface area contributed by atoms with Crippen LogP contribution < -0.4 is 4.74 Å². The largest absolute Gasteiger partial charge is 0.493 e. The van der Waals surface area contributed by atoms with Gasteiger partial charge in [-0.1, -0.05) is 19.1 Å². The molecule has 0 spiro atoms. The molecular weight excluding hydrogens is 360 g/mol. The van der Waals surface area contributed by atoms with E-state index in [0.717, 1.165) is 45.7 Å². The van der Waals surface area contributed by atoms with Crippen molar-refractivity contribution >= 4 is 17.7 Å². The number of nitriles is 1. The van der Waals surface area contributed by atoms with Gasteiger partial charge < -0.3 is 4.74 Å². The molecule has 0 saturated carbocycles. The molecule has 29 heavy (non-hydrogen) atoms. The molecule has 0 amide bonds. The molecule has 1 heterocycles. The Hall–Kier alpha value is -3.19. The van der Waals surface area contributed by atoms with Crippen molar-refractivity contribution in [2.45, 2.75) is 47.0 Å². The Bertz CT molecular complexity index is 1070. The van der Waals surface area contributed by atoms with Crippen LogP contribution in [0.4, 0.5) is 5.69 Å². The van der Waals surface area contributed by atoms with Gasteiger partial charge in [0, 0.05) is 23.3 Å². The van der Waals surface area contributed by atoms with Crippen LogP contribution in [0.1, 0.15) is 60.9 Å². The van der Waals surface area contributed by atoms with Crippen LogP contribution in [0.5, 0.6) is 5.75 Å². The number of benzene rings is 2. The molecule has 0 bridgehead atoms. The third-order valence-electron chi connectivity index (χ3n) is 5.32. The minimum absolute atomic E-state index is 0.0125. The average Bonchev–Trinajstić information content (AvgIpc) is 2.85. The molecule has 0 saturated heterocycles. The normalized spacial score (nSPS) is 15.5. The fraction of sp³-hybridized carbons (Fsp3) is 0.320. The van der Waals surface area contributed by atoms with Gasteiger partial charge in [0.2, 0.25) is 0 Å². The van der Waals surface area contributed by atoms with Gasteiger partial charge in [-0.3, -0.25) is 9.79 Å². The Labute approximate surface area is 172 Å². The summed E-state index contributed by atoms with van der Waals surface area (Å²) in [5, 5.41) is 9.27. The van der Waals surface area contributed by atoms with E-state index in [0.29, 0.717) is 17.7 Å². The van der Waals surface area contributed by atoms with Gasteiger partial charge in [0.05, 0.1) is 23.9 Å². The molecule has 1 atom stereocenters. The van der Waals surface area contributed by atoms with Gasteiger partial charge in [-0.2, -0.15) is 5.26 Å². The molecular formula is C25H26N2O2. The number of carbonyl (C=O) groups excluding carboxylic acids is 1. The molecule has 1 unspecified atom stereocenters. The molecule has 0 fully saturated rings. The van der Waals surface area contributed by atoms with Crippen molar-refractivity contribution in [3.05, 3.63) is 69.3 Å². The Balaban J connectivity index is 2.37. The van der Waals surface area contributed by atoms with E-state index in [4.69, 9.17) is 9.73 Å². The third kappa shape index (κ3) is 3.86. The highest BCUT2D eigenvalue weighted by molar-refractivity contribution is 6.03. The Morgan fingerprint density at radius 1 is 1.17 bits per heavy atom. The summed E-state index contributed by atoms with van der Waals surface area (Å²) in [6.45, 7) is 10.2. The lowest BCUT2D eigenvalue weighted by atomic mass is 9.78. The van der Waals surface area contributed by atoms with E-state index >= 15 is 0 Å². The zero-order chi connectivity index (χ0) is 21.1. The summed E-state index contributed by atoms with van der Waals surface area (Å²) < 4.78 is 6.10. The van der Waals surface area contributed by atoms with Crippen LogP contribution in [0.2, 0.25) is 0 Å². The standard InChI is InChI=1S/C25H26N2O2/c1-6-11-29-21-10-7-15(2)25-24(21)23(22(18(5)28)17(4)14-27-25)20-9-8-19(13-26)12-16(20)3/h7-10,12,14,23H,6,11H2,1-5H3. The highest BCUT2D eigenvalue weighted by Crippen LogP contribution is 2.47. The summed E-state index contributed by atoms with van der Waals surface area (Å²) in [6.07, 6.45) is 2.67. The van der Waals surface area contributed by atoms with Crippen molar-refractivity contribution in [2.75, 3.05) is 6.61 Å². The maximum atomic E-state index is 12.8. The second-order valence-corrected chi connectivity index (χ2v) is 7.52. The first kappa shape index (κ1) is 20.5. The van der Waals surface area contributed by atoms with Crippen LogP contribution in [0.3, 0.4) is 0 Å². The molecule has 2 aromatic carbocycles. The van der Waals surface area contributed by atoms with E-state index in [2.05, 4.69) is 13.0 Å². The molecule has 148 valence electrons. The molecule has 0 aromatic heterocycles. The molecule has 0 N–H and O–H groups in total. The van der Waals surface area contributed by atoms with Gasteiger partial charge in [0.25, 0.3) is 0 Å². The Morgan fingerprint density at radius 2 is 1.93 bits per heavy atom. The van der Waals surface area contributed by atoms with E-state index in [1.165, 1.54) is 0 Å². The van der Waals surface area contributed by atoms with Crippen LogP contribution in [0.15, 0.2) is 46.5 Å².